The Hall–Kier alpha value is -1.01. The summed E-state index contributed by atoms with van der Waals surface area (Å²) >= 11 is 3.53. The zero-order chi connectivity index (χ0) is 13.1. The SMILES string of the molecule is CCC1CCC(Nc2ccc(C#N)cc2Br)C1C. The number of nitriles is 1. The lowest BCUT2D eigenvalue weighted by Gasteiger charge is -2.22. The average Bonchev–Trinajstić information content (AvgIpc) is 2.73. The molecule has 1 saturated carbocycles. The van der Waals surface area contributed by atoms with Crippen LogP contribution in [0.2, 0.25) is 0 Å². The molecule has 2 rings (SSSR count). The van der Waals surface area contributed by atoms with Gasteiger partial charge in [0, 0.05) is 16.2 Å². The highest BCUT2D eigenvalue weighted by Crippen LogP contribution is 2.36. The monoisotopic (exact) mass is 306 g/mol. The molecule has 1 aromatic carbocycles. The molecule has 0 spiro atoms. The molecule has 1 aliphatic rings. The Labute approximate surface area is 118 Å². The van der Waals surface area contributed by atoms with Crippen molar-refractivity contribution in [2.24, 2.45) is 11.8 Å². The predicted molar refractivity (Wildman–Crippen MR) is 78.4 cm³/mol. The number of nitrogens with one attached hydrogen (secondary N) is 1. The molecule has 1 aliphatic carbocycles. The van der Waals surface area contributed by atoms with E-state index >= 15 is 0 Å². The summed E-state index contributed by atoms with van der Waals surface area (Å²) in [6.07, 6.45) is 3.84. The number of nitrogens with zero attached hydrogens (tertiary/aromatic N) is 1. The second-order valence-electron chi connectivity index (χ2n) is 5.16. The Morgan fingerprint density at radius 3 is 2.78 bits per heavy atom. The summed E-state index contributed by atoms with van der Waals surface area (Å²) in [5.41, 5.74) is 1.79. The number of benzene rings is 1. The Bertz CT molecular complexity index is 464. The standard InChI is InChI=1S/C15H19BrN2/c1-3-12-5-7-14(10(12)2)18-15-6-4-11(9-17)8-13(15)16/h4,6,8,10,12,14,18H,3,5,7H2,1-2H3. The van der Waals surface area contributed by atoms with Gasteiger partial charge in [0.25, 0.3) is 0 Å². The molecule has 1 N–H and O–H groups in total. The van der Waals surface area contributed by atoms with Crippen molar-refractivity contribution in [2.75, 3.05) is 5.32 Å². The number of halogens is 1. The molecule has 18 heavy (non-hydrogen) atoms. The van der Waals surface area contributed by atoms with Gasteiger partial charge in [-0.2, -0.15) is 5.26 Å². The van der Waals surface area contributed by atoms with Crippen LogP contribution in [-0.2, 0) is 0 Å². The van der Waals surface area contributed by atoms with Crippen molar-refractivity contribution < 1.29 is 0 Å². The van der Waals surface area contributed by atoms with Crippen molar-refractivity contribution >= 4 is 21.6 Å². The minimum absolute atomic E-state index is 0.555. The summed E-state index contributed by atoms with van der Waals surface area (Å²) in [6.45, 7) is 4.62. The Morgan fingerprint density at radius 2 is 2.22 bits per heavy atom. The van der Waals surface area contributed by atoms with Gasteiger partial charge in [-0.1, -0.05) is 20.3 Å². The number of hydrogen-bond acceptors (Lipinski definition) is 2. The van der Waals surface area contributed by atoms with Gasteiger partial charge in [0.2, 0.25) is 0 Å². The molecule has 0 amide bonds. The minimum Gasteiger partial charge on any atom is -0.381 e. The van der Waals surface area contributed by atoms with Crippen LogP contribution in [0.15, 0.2) is 22.7 Å². The van der Waals surface area contributed by atoms with Gasteiger partial charge in [-0.05, 0) is 58.8 Å². The van der Waals surface area contributed by atoms with Crippen LogP contribution in [0.4, 0.5) is 5.69 Å². The fourth-order valence-corrected chi connectivity index (χ4v) is 3.42. The van der Waals surface area contributed by atoms with Crippen LogP contribution in [0.1, 0.15) is 38.7 Å². The molecular weight excluding hydrogens is 288 g/mol. The lowest BCUT2D eigenvalue weighted by molar-refractivity contribution is 0.392. The van der Waals surface area contributed by atoms with Crippen molar-refractivity contribution in [3.63, 3.8) is 0 Å². The third-order valence-electron chi connectivity index (χ3n) is 4.19. The molecule has 1 aromatic rings. The first-order valence-corrected chi connectivity index (χ1v) is 7.41. The lowest BCUT2D eigenvalue weighted by Crippen LogP contribution is -2.24. The maximum atomic E-state index is 8.85. The molecule has 1 fully saturated rings. The van der Waals surface area contributed by atoms with Gasteiger partial charge in [-0.15, -0.1) is 0 Å². The predicted octanol–water partition coefficient (Wildman–Crippen LogP) is 4.56. The van der Waals surface area contributed by atoms with Gasteiger partial charge >= 0.3 is 0 Å². The lowest BCUT2D eigenvalue weighted by atomic mass is 9.93. The van der Waals surface area contributed by atoms with Crippen LogP contribution in [0.25, 0.3) is 0 Å². The fourth-order valence-electron chi connectivity index (χ4n) is 2.93. The first kappa shape index (κ1) is 13.4. The third kappa shape index (κ3) is 2.70. The topological polar surface area (TPSA) is 35.8 Å². The van der Waals surface area contributed by atoms with Gasteiger partial charge in [0.1, 0.15) is 0 Å². The summed E-state index contributed by atoms with van der Waals surface area (Å²) in [5, 5.41) is 12.5. The normalized spacial score (nSPS) is 26.9. The highest BCUT2D eigenvalue weighted by Gasteiger charge is 2.31. The summed E-state index contributed by atoms with van der Waals surface area (Å²) in [4.78, 5) is 0. The molecule has 0 bridgehead atoms. The van der Waals surface area contributed by atoms with Crippen LogP contribution >= 0.6 is 15.9 Å². The molecule has 96 valence electrons. The van der Waals surface area contributed by atoms with Crippen LogP contribution in [0.5, 0.6) is 0 Å². The van der Waals surface area contributed by atoms with E-state index in [4.69, 9.17) is 5.26 Å². The molecule has 0 aromatic heterocycles. The van der Waals surface area contributed by atoms with Gasteiger partial charge in [-0.3, -0.25) is 0 Å². The summed E-state index contributed by atoms with van der Waals surface area (Å²) < 4.78 is 0.980. The van der Waals surface area contributed by atoms with Crippen LogP contribution in [0.3, 0.4) is 0 Å². The summed E-state index contributed by atoms with van der Waals surface area (Å²) in [5.74, 6) is 1.57. The Morgan fingerprint density at radius 1 is 1.44 bits per heavy atom. The highest BCUT2D eigenvalue weighted by molar-refractivity contribution is 9.10. The maximum Gasteiger partial charge on any atom is 0.0992 e. The molecule has 0 aliphatic heterocycles. The molecule has 0 heterocycles. The number of anilines is 1. The van der Waals surface area contributed by atoms with Gasteiger partial charge < -0.3 is 5.32 Å². The summed E-state index contributed by atoms with van der Waals surface area (Å²) in [7, 11) is 0. The van der Waals surface area contributed by atoms with Crippen LogP contribution in [-0.4, -0.2) is 6.04 Å². The second-order valence-corrected chi connectivity index (χ2v) is 6.02. The number of rotatable bonds is 3. The van der Waals surface area contributed by atoms with E-state index in [0.717, 1.165) is 22.0 Å². The van der Waals surface area contributed by atoms with E-state index in [0.29, 0.717) is 11.6 Å². The minimum atomic E-state index is 0.555. The third-order valence-corrected chi connectivity index (χ3v) is 4.85. The Kier molecular flexibility index (Phi) is 4.29. The van der Waals surface area contributed by atoms with Gasteiger partial charge in [0.15, 0.2) is 0 Å². The zero-order valence-electron chi connectivity index (χ0n) is 10.9. The summed E-state index contributed by atoms with van der Waals surface area (Å²) in [6, 6.07) is 8.44. The first-order chi connectivity index (χ1) is 8.65. The largest absolute Gasteiger partial charge is 0.381 e. The van der Waals surface area contributed by atoms with Crippen LogP contribution in [0, 0.1) is 23.2 Å². The van der Waals surface area contributed by atoms with E-state index in [2.05, 4.69) is 41.2 Å². The first-order valence-electron chi connectivity index (χ1n) is 6.62. The van der Waals surface area contributed by atoms with Crippen molar-refractivity contribution in [3.8, 4) is 6.07 Å². The van der Waals surface area contributed by atoms with Crippen molar-refractivity contribution in [2.45, 2.75) is 39.2 Å². The Balaban J connectivity index is 2.09. The molecule has 0 saturated heterocycles. The van der Waals surface area contributed by atoms with E-state index in [1.807, 2.05) is 18.2 Å². The fraction of sp³-hybridized carbons (Fsp3) is 0.533. The van der Waals surface area contributed by atoms with Crippen molar-refractivity contribution in [1.29, 1.82) is 5.26 Å². The van der Waals surface area contributed by atoms with Crippen molar-refractivity contribution in [3.05, 3.63) is 28.2 Å². The van der Waals surface area contributed by atoms with E-state index in [1.54, 1.807) is 0 Å². The molecular formula is C15H19BrN2. The van der Waals surface area contributed by atoms with Gasteiger partial charge in [0.05, 0.1) is 11.6 Å². The molecule has 3 unspecified atom stereocenters. The van der Waals surface area contributed by atoms with Crippen molar-refractivity contribution in [1.82, 2.24) is 0 Å². The van der Waals surface area contributed by atoms with E-state index < -0.39 is 0 Å². The average molecular weight is 307 g/mol. The molecule has 2 nitrogen and oxygen atoms in total. The molecule has 3 heteroatoms. The van der Waals surface area contributed by atoms with Gasteiger partial charge in [-0.25, -0.2) is 0 Å². The highest BCUT2D eigenvalue weighted by atomic mass is 79.9. The second kappa shape index (κ2) is 5.75. The maximum absolute atomic E-state index is 8.85. The molecule has 3 atom stereocenters. The number of hydrogen-bond donors (Lipinski definition) is 1. The molecule has 0 radical (unpaired) electrons. The van der Waals surface area contributed by atoms with Crippen LogP contribution < -0.4 is 5.32 Å². The zero-order valence-corrected chi connectivity index (χ0v) is 12.5. The quantitative estimate of drug-likeness (QED) is 0.888. The smallest absolute Gasteiger partial charge is 0.0992 e. The van der Waals surface area contributed by atoms with E-state index in [1.165, 1.54) is 19.3 Å². The van der Waals surface area contributed by atoms with E-state index in [-0.39, 0.29) is 0 Å². The van der Waals surface area contributed by atoms with E-state index in [9.17, 15) is 0 Å².